The van der Waals surface area contributed by atoms with Gasteiger partial charge in [0.2, 0.25) is 0 Å². The summed E-state index contributed by atoms with van der Waals surface area (Å²) in [7, 11) is 4.44. The van der Waals surface area contributed by atoms with Crippen molar-refractivity contribution in [3.63, 3.8) is 0 Å². The Hall–Kier alpha value is -0.0800. The van der Waals surface area contributed by atoms with Crippen molar-refractivity contribution in [2.24, 2.45) is 0 Å². The molecule has 2 fully saturated rings. The predicted octanol–water partition coefficient (Wildman–Crippen LogP) is 0.354. The summed E-state index contributed by atoms with van der Waals surface area (Å²) in [4.78, 5) is 4.91. The van der Waals surface area contributed by atoms with Gasteiger partial charge in [0.15, 0.2) is 0 Å². The molecule has 2 rings (SSSR count). The number of likely N-dealkylation sites (tertiary alicyclic amines) is 2. The van der Waals surface area contributed by atoms with Gasteiger partial charge in [0, 0.05) is 13.1 Å². The van der Waals surface area contributed by atoms with Gasteiger partial charge >= 0.3 is 0 Å². The second-order valence-electron chi connectivity index (χ2n) is 3.33. The lowest BCUT2D eigenvalue weighted by Crippen LogP contribution is -2.73. The third-order valence-electron chi connectivity index (χ3n) is 3.12. The Kier molecular flexibility index (Phi) is 0.945. The monoisotopic (exact) mass is 126 g/mol. The highest BCUT2D eigenvalue weighted by molar-refractivity contribution is 5.03. The maximum absolute atomic E-state index is 2.45. The standard InChI is InChI=1S/C7H14N2/c1-8-5-3-7(8)4-6-9(7)2/h3-6H2,1-2H3. The van der Waals surface area contributed by atoms with Crippen molar-refractivity contribution in [1.82, 2.24) is 9.80 Å². The Morgan fingerprint density at radius 2 is 1.44 bits per heavy atom. The quantitative estimate of drug-likeness (QED) is 0.462. The maximum Gasteiger partial charge on any atom is 0.0757 e. The van der Waals surface area contributed by atoms with Crippen molar-refractivity contribution in [3.8, 4) is 0 Å². The minimum Gasteiger partial charge on any atom is -0.288 e. The predicted molar refractivity (Wildman–Crippen MR) is 37.2 cm³/mol. The highest BCUT2D eigenvalue weighted by Gasteiger charge is 2.51. The number of hydrogen-bond acceptors (Lipinski definition) is 2. The smallest absolute Gasteiger partial charge is 0.0757 e. The second-order valence-corrected chi connectivity index (χ2v) is 3.33. The molecule has 9 heavy (non-hydrogen) atoms. The fourth-order valence-corrected chi connectivity index (χ4v) is 1.99. The van der Waals surface area contributed by atoms with Crippen LogP contribution in [0.2, 0.25) is 0 Å². The Morgan fingerprint density at radius 1 is 1.00 bits per heavy atom. The van der Waals surface area contributed by atoms with Gasteiger partial charge in [0.1, 0.15) is 0 Å². The largest absolute Gasteiger partial charge is 0.288 e. The van der Waals surface area contributed by atoms with Crippen molar-refractivity contribution in [1.29, 1.82) is 0 Å². The molecule has 0 saturated carbocycles. The Morgan fingerprint density at radius 3 is 1.44 bits per heavy atom. The van der Waals surface area contributed by atoms with E-state index >= 15 is 0 Å². The van der Waals surface area contributed by atoms with Crippen LogP contribution in [0.5, 0.6) is 0 Å². The first kappa shape index (κ1) is 5.69. The molecule has 0 radical (unpaired) electrons. The van der Waals surface area contributed by atoms with Crippen molar-refractivity contribution in [2.45, 2.75) is 18.5 Å². The first-order chi connectivity index (χ1) is 4.26. The molecule has 0 atom stereocenters. The number of hydrogen-bond donors (Lipinski definition) is 0. The Labute approximate surface area is 56.4 Å². The lowest BCUT2D eigenvalue weighted by Gasteiger charge is -2.63. The van der Waals surface area contributed by atoms with Crippen LogP contribution in [0.3, 0.4) is 0 Å². The Balaban J connectivity index is 2.08. The van der Waals surface area contributed by atoms with E-state index in [0.717, 1.165) is 0 Å². The molecule has 0 unspecified atom stereocenters. The van der Waals surface area contributed by atoms with Gasteiger partial charge < -0.3 is 0 Å². The summed E-state index contributed by atoms with van der Waals surface area (Å²) < 4.78 is 0. The molecule has 2 nitrogen and oxygen atoms in total. The summed E-state index contributed by atoms with van der Waals surface area (Å²) in [6.45, 7) is 2.59. The van der Waals surface area contributed by atoms with Crippen LogP contribution in [0, 0.1) is 0 Å². The topological polar surface area (TPSA) is 6.48 Å². The average Bonchev–Trinajstić information content (AvgIpc) is 1.82. The van der Waals surface area contributed by atoms with Gasteiger partial charge in [-0.25, -0.2) is 0 Å². The summed E-state index contributed by atoms with van der Waals surface area (Å²) in [6.07, 6.45) is 2.78. The minimum absolute atomic E-state index is 0.528. The van der Waals surface area contributed by atoms with Gasteiger partial charge in [-0.3, -0.25) is 9.80 Å². The molecular formula is C7H14N2. The second kappa shape index (κ2) is 1.50. The van der Waals surface area contributed by atoms with Crippen molar-refractivity contribution < 1.29 is 0 Å². The van der Waals surface area contributed by atoms with E-state index in [9.17, 15) is 0 Å². The Bertz CT molecular complexity index is 117. The van der Waals surface area contributed by atoms with Crippen LogP contribution >= 0.6 is 0 Å². The van der Waals surface area contributed by atoms with Crippen LogP contribution in [0.4, 0.5) is 0 Å². The maximum atomic E-state index is 2.45. The van der Waals surface area contributed by atoms with E-state index in [1.807, 2.05) is 0 Å². The zero-order chi connectivity index (χ0) is 6.48. The first-order valence-electron chi connectivity index (χ1n) is 3.68. The van der Waals surface area contributed by atoms with Crippen LogP contribution in [0.25, 0.3) is 0 Å². The summed E-state index contributed by atoms with van der Waals surface area (Å²) in [6, 6.07) is 0. The fourth-order valence-electron chi connectivity index (χ4n) is 1.99. The van der Waals surface area contributed by atoms with Gasteiger partial charge in [0.25, 0.3) is 0 Å². The lowest BCUT2D eigenvalue weighted by molar-refractivity contribution is -0.174. The minimum atomic E-state index is 0.528. The summed E-state index contributed by atoms with van der Waals surface area (Å²) in [5, 5.41) is 0. The van der Waals surface area contributed by atoms with E-state index in [1.165, 1.54) is 25.9 Å². The van der Waals surface area contributed by atoms with E-state index in [4.69, 9.17) is 0 Å². The molecule has 2 saturated heterocycles. The van der Waals surface area contributed by atoms with Crippen LogP contribution in [0.15, 0.2) is 0 Å². The van der Waals surface area contributed by atoms with Crippen LogP contribution in [0.1, 0.15) is 12.8 Å². The summed E-state index contributed by atoms with van der Waals surface area (Å²) in [5.41, 5.74) is 0.528. The molecule has 0 aromatic rings. The third-order valence-corrected chi connectivity index (χ3v) is 3.12. The van der Waals surface area contributed by atoms with Crippen LogP contribution in [-0.2, 0) is 0 Å². The van der Waals surface area contributed by atoms with E-state index in [-0.39, 0.29) is 0 Å². The molecule has 2 aliphatic rings. The SMILES string of the molecule is CN1CCC12CCN2C. The molecule has 0 aromatic carbocycles. The first-order valence-corrected chi connectivity index (χ1v) is 3.68. The molecule has 2 heteroatoms. The third kappa shape index (κ3) is 0.485. The van der Waals surface area contributed by atoms with E-state index in [0.29, 0.717) is 5.66 Å². The number of rotatable bonds is 0. The molecule has 2 heterocycles. The zero-order valence-corrected chi connectivity index (χ0v) is 6.22. The molecule has 52 valence electrons. The zero-order valence-electron chi connectivity index (χ0n) is 6.22. The van der Waals surface area contributed by atoms with Gasteiger partial charge in [-0.15, -0.1) is 0 Å². The van der Waals surface area contributed by atoms with E-state index in [1.54, 1.807) is 0 Å². The summed E-state index contributed by atoms with van der Waals surface area (Å²) in [5.74, 6) is 0. The van der Waals surface area contributed by atoms with Gasteiger partial charge in [-0.1, -0.05) is 0 Å². The molecule has 0 aromatic heterocycles. The van der Waals surface area contributed by atoms with E-state index in [2.05, 4.69) is 23.9 Å². The molecule has 1 spiro atoms. The molecule has 0 bridgehead atoms. The molecule has 0 amide bonds. The summed E-state index contributed by atoms with van der Waals surface area (Å²) >= 11 is 0. The highest BCUT2D eigenvalue weighted by Crippen LogP contribution is 2.41. The van der Waals surface area contributed by atoms with Crippen LogP contribution < -0.4 is 0 Å². The van der Waals surface area contributed by atoms with Gasteiger partial charge in [-0.05, 0) is 26.9 Å². The molecule has 0 N–H and O–H groups in total. The lowest BCUT2D eigenvalue weighted by atomic mass is 9.83. The fraction of sp³-hybridized carbons (Fsp3) is 1.00. The highest BCUT2D eigenvalue weighted by atomic mass is 15.5. The number of nitrogens with zero attached hydrogens (tertiary/aromatic N) is 2. The average molecular weight is 126 g/mol. The molecular weight excluding hydrogens is 112 g/mol. The normalized spacial score (nSPS) is 34.0. The van der Waals surface area contributed by atoms with Crippen molar-refractivity contribution in [3.05, 3.63) is 0 Å². The van der Waals surface area contributed by atoms with E-state index < -0.39 is 0 Å². The van der Waals surface area contributed by atoms with Crippen molar-refractivity contribution >= 4 is 0 Å². The van der Waals surface area contributed by atoms with Crippen molar-refractivity contribution in [2.75, 3.05) is 27.2 Å². The molecule has 2 aliphatic heterocycles. The van der Waals surface area contributed by atoms with Gasteiger partial charge in [-0.2, -0.15) is 0 Å². The van der Waals surface area contributed by atoms with Crippen LogP contribution in [-0.4, -0.2) is 42.6 Å². The van der Waals surface area contributed by atoms with Gasteiger partial charge in [0.05, 0.1) is 5.66 Å². The molecule has 0 aliphatic carbocycles.